The van der Waals surface area contributed by atoms with Crippen LogP contribution >= 0.6 is 24.0 Å². The Kier molecular flexibility index (Phi) is 7.91. The fourth-order valence-electron chi connectivity index (χ4n) is 4.15. The number of rotatable bonds is 4. The molecule has 0 radical (unpaired) electrons. The van der Waals surface area contributed by atoms with Gasteiger partial charge in [0.05, 0.1) is 11.5 Å². The smallest absolute Gasteiger partial charge is 0.191 e. The van der Waals surface area contributed by atoms with Crippen molar-refractivity contribution in [2.24, 2.45) is 4.99 Å². The number of halogens is 2. The molecule has 3 rings (SSSR count). The predicted molar refractivity (Wildman–Crippen MR) is 118 cm³/mol. The van der Waals surface area contributed by atoms with Crippen LogP contribution in [0, 0.1) is 5.82 Å². The molecule has 1 aliphatic heterocycles. The van der Waals surface area contributed by atoms with Crippen LogP contribution in [0.2, 0.25) is 0 Å². The molecule has 0 bridgehead atoms. The number of hydrogen-bond donors (Lipinski definition) is 2. The fraction of sp³-hybridized carbons (Fsp3) is 0.632. The summed E-state index contributed by atoms with van der Waals surface area (Å²) in [6, 6.07) is 6.76. The van der Waals surface area contributed by atoms with Crippen molar-refractivity contribution in [2.45, 2.75) is 50.0 Å². The second-order valence-corrected chi connectivity index (χ2v) is 9.75. The summed E-state index contributed by atoms with van der Waals surface area (Å²) in [4.78, 5) is 4.26. The van der Waals surface area contributed by atoms with Crippen LogP contribution in [0.3, 0.4) is 0 Å². The number of aliphatic imine (C=N–C) groups is 1. The zero-order valence-corrected chi connectivity index (χ0v) is 18.9. The van der Waals surface area contributed by atoms with Gasteiger partial charge in [0, 0.05) is 25.0 Å². The molecular weight excluding hydrogens is 480 g/mol. The molecule has 2 aliphatic rings. The minimum Gasteiger partial charge on any atom is -0.356 e. The predicted octanol–water partition coefficient (Wildman–Crippen LogP) is 3.00. The maximum atomic E-state index is 13.3. The van der Waals surface area contributed by atoms with Gasteiger partial charge >= 0.3 is 0 Å². The summed E-state index contributed by atoms with van der Waals surface area (Å²) in [6.45, 7) is 0.706. The van der Waals surface area contributed by atoms with Crippen molar-refractivity contribution in [2.75, 3.05) is 25.1 Å². The summed E-state index contributed by atoms with van der Waals surface area (Å²) in [6.07, 6.45) is 6.28. The third-order valence-corrected chi connectivity index (χ3v) is 7.43. The summed E-state index contributed by atoms with van der Waals surface area (Å²) < 4.78 is 36.6. The zero-order chi connectivity index (χ0) is 18.6. The fourth-order valence-corrected chi connectivity index (χ4v) is 5.82. The molecule has 5 nitrogen and oxygen atoms in total. The van der Waals surface area contributed by atoms with Crippen molar-refractivity contribution in [3.8, 4) is 0 Å². The molecule has 1 aliphatic carbocycles. The lowest BCUT2D eigenvalue weighted by atomic mass is 9.69. The van der Waals surface area contributed by atoms with Gasteiger partial charge in [-0.25, -0.2) is 12.8 Å². The number of hydrogen-bond acceptors (Lipinski definition) is 3. The normalized spacial score (nSPS) is 24.1. The molecule has 1 aromatic carbocycles. The van der Waals surface area contributed by atoms with Crippen LogP contribution in [0.5, 0.6) is 0 Å². The second kappa shape index (κ2) is 9.54. The van der Waals surface area contributed by atoms with Crippen molar-refractivity contribution in [3.63, 3.8) is 0 Å². The third-order valence-electron chi connectivity index (χ3n) is 5.66. The molecule has 1 aromatic rings. The van der Waals surface area contributed by atoms with E-state index in [4.69, 9.17) is 0 Å². The second-order valence-electron chi connectivity index (χ2n) is 7.52. The summed E-state index contributed by atoms with van der Waals surface area (Å²) in [5, 5.41) is 6.64. The van der Waals surface area contributed by atoms with Crippen LogP contribution in [0.15, 0.2) is 29.3 Å². The van der Waals surface area contributed by atoms with E-state index in [0.717, 1.165) is 31.2 Å². The van der Waals surface area contributed by atoms with Crippen LogP contribution in [-0.2, 0) is 15.3 Å². The van der Waals surface area contributed by atoms with Gasteiger partial charge in [-0.15, -0.1) is 24.0 Å². The molecule has 1 heterocycles. The summed E-state index contributed by atoms with van der Waals surface area (Å²) in [5.74, 6) is 0.824. The molecule has 1 atom stereocenters. The minimum atomic E-state index is -2.92. The van der Waals surface area contributed by atoms with Gasteiger partial charge in [0.15, 0.2) is 15.8 Å². The van der Waals surface area contributed by atoms with Gasteiger partial charge in [0.1, 0.15) is 5.82 Å². The molecule has 152 valence electrons. The molecule has 2 fully saturated rings. The monoisotopic (exact) mass is 509 g/mol. The Morgan fingerprint density at radius 3 is 2.44 bits per heavy atom. The van der Waals surface area contributed by atoms with Gasteiger partial charge in [-0.3, -0.25) is 4.99 Å². The quantitative estimate of drug-likeness (QED) is 0.372. The number of sulfone groups is 1. The zero-order valence-electron chi connectivity index (χ0n) is 15.7. The van der Waals surface area contributed by atoms with Gasteiger partial charge in [-0.1, -0.05) is 31.4 Å². The molecule has 1 saturated heterocycles. The van der Waals surface area contributed by atoms with Gasteiger partial charge < -0.3 is 10.6 Å². The Labute approximate surface area is 178 Å². The molecule has 0 amide bonds. The number of guanidine groups is 1. The van der Waals surface area contributed by atoms with Crippen LogP contribution in [0.25, 0.3) is 0 Å². The lowest BCUT2D eigenvalue weighted by Gasteiger charge is -2.38. The summed E-state index contributed by atoms with van der Waals surface area (Å²) in [5.41, 5.74) is 1.12. The molecular formula is C19H29FIN3O2S. The Hall–Kier alpha value is -0.900. The number of nitrogens with zero attached hydrogens (tertiary/aromatic N) is 1. The molecule has 2 N–H and O–H groups in total. The molecule has 1 unspecified atom stereocenters. The summed E-state index contributed by atoms with van der Waals surface area (Å²) in [7, 11) is -1.23. The van der Waals surface area contributed by atoms with E-state index < -0.39 is 9.84 Å². The van der Waals surface area contributed by atoms with Crippen LogP contribution in [0.1, 0.15) is 44.1 Å². The standard InChI is InChI=1S/C19H28FN3O2S.HI/c1-21-18(23-17-9-12-26(24,25)13-17)22-14-19(10-3-2-4-11-19)15-5-7-16(20)8-6-15;/h5-8,17H,2-4,9-14H2,1H3,(H2,21,22,23);1H. The van der Waals surface area contributed by atoms with Crippen LogP contribution < -0.4 is 10.6 Å². The molecule has 27 heavy (non-hydrogen) atoms. The molecule has 0 spiro atoms. The van der Waals surface area contributed by atoms with E-state index in [2.05, 4.69) is 15.6 Å². The topological polar surface area (TPSA) is 70.6 Å². The lowest BCUT2D eigenvalue weighted by Crippen LogP contribution is -2.49. The van der Waals surface area contributed by atoms with E-state index >= 15 is 0 Å². The first-order chi connectivity index (χ1) is 12.4. The minimum absolute atomic E-state index is 0. The molecule has 1 saturated carbocycles. The van der Waals surface area contributed by atoms with Gasteiger partial charge in [-0.2, -0.15) is 0 Å². The van der Waals surface area contributed by atoms with Crippen LogP contribution in [-0.4, -0.2) is 45.5 Å². The lowest BCUT2D eigenvalue weighted by molar-refractivity contribution is 0.290. The Morgan fingerprint density at radius 1 is 1.22 bits per heavy atom. The van der Waals surface area contributed by atoms with Gasteiger partial charge in [-0.05, 0) is 37.0 Å². The molecule has 0 aromatic heterocycles. The van der Waals surface area contributed by atoms with E-state index in [-0.39, 0.29) is 52.8 Å². The average Bonchev–Trinajstić information content (AvgIpc) is 2.98. The van der Waals surface area contributed by atoms with Crippen molar-refractivity contribution in [1.82, 2.24) is 10.6 Å². The first-order valence-electron chi connectivity index (χ1n) is 9.36. The number of nitrogens with one attached hydrogen (secondary N) is 2. The SMILES string of the molecule is CN=C(NCC1(c2ccc(F)cc2)CCCCC1)NC1CCS(=O)(=O)C1.I. The Balaban J connectivity index is 0.00000261. The highest BCUT2D eigenvalue weighted by molar-refractivity contribution is 14.0. The Bertz CT molecular complexity index is 747. The van der Waals surface area contributed by atoms with Crippen molar-refractivity contribution < 1.29 is 12.8 Å². The van der Waals surface area contributed by atoms with Crippen molar-refractivity contribution >= 4 is 39.8 Å². The highest BCUT2D eigenvalue weighted by Crippen LogP contribution is 2.39. The van der Waals surface area contributed by atoms with E-state index in [0.29, 0.717) is 18.9 Å². The highest BCUT2D eigenvalue weighted by atomic mass is 127. The highest BCUT2D eigenvalue weighted by Gasteiger charge is 2.34. The largest absolute Gasteiger partial charge is 0.356 e. The van der Waals surface area contributed by atoms with Crippen molar-refractivity contribution in [3.05, 3.63) is 35.6 Å². The van der Waals surface area contributed by atoms with E-state index in [1.165, 1.54) is 18.6 Å². The van der Waals surface area contributed by atoms with Gasteiger partial charge in [0.25, 0.3) is 0 Å². The van der Waals surface area contributed by atoms with Crippen LogP contribution in [0.4, 0.5) is 4.39 Å². The maximum absolute atomic E-state index is 13.3. The third kappa shape index (κ3) is 5.79. The maximum Gasteiger partial charge on any atom is 0.191 e. The average molecular weight is 509 g/mol. The first kappa shape index (κ1) is 22.4. The first-order valence-corrected chi connectivity index (χ1v) is 11.2. The van der Waals surface area contributed by atoms with E-state index in [1.807, 2.05) is 12.1 Å². The van der Waals surface area contributed by atoms with Gasteiger partial charge in [0.2, 0.25) is 0 Å². The van der Waals surface area contributed by atoms with E-state index in [1.54, 1.807) is 7.05 Å². The number of benzene rings is 1. The van der Waals surface area contributed by atoms with E-state index in [9.17, 15) is 12.8 Å². The molecule has 8 heteroatoms. The van der Waals surface area contributed by atoms with Crippen molar-refractivity contribution in [1.29, 1.82) is 0 Å². The summed E-state index contributed by atoms with van der Waals surface area (Å²) >= 11 is 0. The Morgan fingerprint density at radius 2 is 1.89 bits per heavy atom.